The van der Waals surface area contributed by atoms with E-state index >= 15 is 0 Å². The molecule has 0 aliphatic rings. The third-order valence-electron chi connectivity index (χ3n) is 12.3. The van der Waals surface area contributed by atoms with Crippen molar-refractivity contribution in [2.45, 2.75) is 0 Å². The van der Waals surface area contributed by atoms with Gasteiger partial charge in [0.1, 0.15) is 11.2 Å². The van der Waals surface area contributed by atoms with Crippen molar-refractivity contribution in [2.75, 3.05) is 4.90 Å². The molecule has 0 bridgehead atoms. The second kappa shape index (κ2) is 13.9. The molecule has 1 aromatic heterocycles. The zero-order valence-corrected chi connectivity index (χ0v) is 32.7. The summed E-state index contributed by atoms with van der Waals surface area (Å²) in [5.74, 6) is 0. The van der Waals surface area contributed by atoms with E-state index in [4.69, 9.17) is 4.42 Å². The average Bonchev–Trinajstić information content (AvgIpc) is 3.71. The maximum absolute atomic E-state index is 6.43. The first-order valence-corrected chi connectivity index (χ1v) is 20.6. The van der Waals surface area contributed by atoms with Crippen LogP contribution in [0.1, 0.15) is 0 Å². The first-order valence-electron chi connectivity index (χ1n) is 20.6. The summed E-state index contributed by atoms with van der Waals surface area (Å²) in [6, 6.07) is 81.2. The molecule has 0 radical (unpaired) electrons. The number of benzene rings is 11. The van der Waals surface area contributed by atoms with Crippen molar-refractivity contribution in [1.82, 2.24) is 0 Å². The van der Waals surface area contributed by atoms with Crippen molar-refractivity contribution in [3.63, 3.8) is 0 Å². The largest absolute Gasteiger partial charge is 0.456 e. The maximum Gasteiger partial charge on any atom is 0.137 e. The van der Waals surface area contributed by atoms with Gasteiger partial charge in [-0.2, -0.15) is 0 Å². The minimum atomic E-state index is 0.867. The highest BCUT2D eigenvalue weighted by molar-refractivity contribution is 6.15. The molecule has 2 heteroatoms. The van der Waals surface area contributed by atoms with Crippen molar-refractivity contribution in [3.8, 4) is 33.4 Å². The molecule has 60 heavy (non-hydrogen) atoms. The summed E-state index contributed by atoms with van der Waals surface area (Å²) in [7, 11) is 0. The number of rotatable bonds is 6. The summed E-state index contributed by atoms with van der Waals surface area (Å²) in [6.07, 6.45) is 0. The fourth-order valence-corrected chi connectivity index (χ4v) is 9.41. The molecule has 1 heterocycles. The van der Waals surface area contributed by atoms with Crippen molar-refractivity contribution in [2.24, 2.45) is 0 Å². The molecule has 0 saturated heterocycles. The summed E-state index contributed by atoms with van der Waals surface area (Å²) < 4.78 is 6.43. The van der Waals surface area contributed by atoms with Gasteiger partial charge in [0.05, 0.1) is 11.1 Å². The molecule has 0 amide bonds. The summed E-state index contributed by atoms with van der Waals surface area (Å²) in [5, 5.41) is 12.3. The van der Waals surface area contributed by atoms with Crippen molar-refractivity contribution in [3.05, 3.63) is 224 Å². The van der Waals surface area contributed by atoms with Crippen LogP contribution in [0.2, 0.25) is 0 Å². The van der Waals surface area contributed by atoms with E-state index in [0.717, 1.165) is 44.6 Å². The molecule has 280 valence electrons. The number of para-hydroxylation sites is 1. The lowest BCUT2D eigenvalue weighted by molar-refractivity contribution is 0.669. The van der Waals surface area contributed by atoms with Gasteiger partial charge in [0, 0.05) is 16.8 Å². The van der Waals surface area contributed by atoms with Crippen LogP contribution in [0.25, 0.3) is 98.4 Å². The predicted molar refractivity (Wildman–Crippen MR) is 255 cm³/mol. The van der Waals surface area contributed by atoms with Crippen LogP contribution in [-0.4, -0.2) is 0 Å². The zero-order chi connectivity index (χ0) is 39.6. The van der Waals surface area contributed by atoms with E-state index in [1.807, 2.05) is 6.07 Å². The zero-order valence-electron chi connectivity index (χ0n) is 32.7. The van der Waals surface area contributed by atoms with E-state index in [1.54, 1.807) is 0 Å². The van der Waals surface area contributed by atoms with Crippen LogP contribution in [0.15, 0.2) is 229 Å². The lowest BCUT2D eigenvalue weighted by Gasteiger charge is -2.27. The molecule has 0 unspecified atom stereocenters. The smallest absolute Gasteiger partial charge is 0.137 e. The molecule has 0 saturated carbocycles. The lowest BCUT2D eigenvalue weighted by atomic mass is 9.93. The topological polar surface area (TPSA) is 16.4 Å². The van der Waals surface area contributed by atoms with E-state index in [-0.39, 0.29) is 0 Å². The van der Waals surface area contributed by atoms with Gasteiger partial charge in [-0.3, -0.25) is 0 Å². The van der Waals surface area contributed by atoms with Gasteiger partial charge >= 0.3 is 0 Å². The first-order chi connectivity index (χ1) is 29.7. The van der Waals surface area contributed by atoms with E-state index < -0.39 is 0 Å². The van der Waals surface area contributed by atoms with Gasteiger partial charge in [0.2, 0.25) is 0 Å². The van der Waals surface area contributed by atoms with Crippen molar-refractivity contribution in [1.29, 1.82) is 0 Å². The molecule has 12 aromatic rings. The van der Waals surface area contributed by atoms with Gasteiger partial charge in [-0.25, -0.2) is 0 Å². The second-order valence-corrected chi connectivity index (χ2v) is 15.6. The maximum atomic E-state index is 6.43. The second-order valence-electron chi connectivity index (χ2n) is 15.6. The fourth-order valence-electron chi connectivity index (χ4n) is 9.41. The van der Waals surface area contributed by atoms with E-state index in [1.165, 1.54) is 70.9 Å². The number of furan rings is 1. The number of hydrogen-bond acceptors (Lipinski definition) is 2. The van der Waals surface area contributed by atoms with Gasteiger partial charge in [0.25, 0.3) is 0 Å². The van der Waals surface area contributed by atoms with Gasteiger partial charge < -0.3 is 9.32 Å². The first kappa shape index (κ1) is 34.1. The SMILES string of the molecule is c1cc(-c2cccc3c2ccc2ccccc23)cc(N(c2ccc(-c3ccc(-c4cccc5c4ccc4ccccc45)cc3)cc2)c2cccc3oc4ccccc4c23)c1. The van der Waals surface area contributed by atoms with Crippen molar-refractivity contribution >= 4 is 82.1 Å². The lowest BCUT2D eigenvalue weighted by Crippen LogP contribution is -2.10. The highest BCUT2D eigenvalue weighted by Crippen LogP contribution is 2.45. The van der Waals surface area contributed by atoms with Crippen LogP contribution < -0.4 is 4.90 Å². The van der Waals surface area contributed by atoms with Gasteiger partial charge in [-0.15, -0.1) is 0 Å². The summed E-state index contributed by atoms with van der Waals surface area (Å²) in [5.41, 5.74) is 12.1. The number of nitrogens with zero attached hydrogens (tertiary/aromatic N) is 1. The molecule has 0 atom stereocenters. The number of hydrogen-bond donors (Lipinski definition) is 0. The Hall–Kier alpha value is -7.94. The highest BCUT2D eigenvalue weighted by Gasteiger charge is 2.20. The van der Waals surface area contributed by atoms with Crippen LogP contribution in [0.4, 0.5) is 17.1 Å². The summed E-state index contributed by atoms with van der Waals surface area (Å²) >= 11 is 0. The molecular formula is C58H37NO. The Morgan fingerprint density at radius 1 is 0.283 bits per heavy atom. The van der Waals surface area contributed by atoms with Crippen LogP contribution in [-0.2, 0) is 0 Å². The molecular weight excluding hydrogens is 727 g/mol. The Bertz CT molecular complexity index is 3600. The van der Waals surface area contributed by atoms with E-state index in [9.17, 15) is 0 Å². The standard InChI is InChI=1S/C58H37NO/c1-3-15-46-40(11-1)31-35-52-48(18-8-20-50(46)52)42-27-25-38(26-28-42)39-29-33-44(34-30-39)59(55-22-10-24-57-58(55)54-17-5-6-23-56(54)60-57)45-14-7-13-43(37-45)49-19-9-21-51-47-16-4-2-12-41(47)32-36-53(49)51/h1-37H. The van der Waals surface area contributed by atoms with E-state index in [0.29, 0.717) is 0 Å². The Kier molecular flexibility index (Phi) is 7.89. The molecule has 0 N–H and O–H groups in total. The molecule has 2 nitrogen and oxygen atoms in total. The highest BCUT2D eigenvalue weighted by atomic mass is 16.3. The van der Waals surface area contributed by atoms with Crippen LogP contribution in [0.3, 0.4) is 0 Å². The molecule has 0 aliphatic carbocycles. The summed E-state index contributed by atoms with van der Waals surface area (Å²) in [6.45, 7) is 0. The third kappa shape index (κ3) is 5.57. The quantitative estimate of drug-likeness (QED) is 0.157. The molecule has 11 aromatic carbocycles. The molecule has 12 rings (SSSR count). The Balaban J connectivity index is 0.960. The van der Waals surface area contributed by atoms with Gasteiger partial charge in [0.15, 0.2) is 0 Å². The van der Waals surface area contributed by atoms with E-state index in [2.05, 4.69) is 223 Å². The third-order valence-corrected chi connectivity index (χ3v) is 12.3. The van der Waals surface area contributed by atoms with Gasteiger partial charge in [-0.1, -0.05) is 182 Å². The minimum absolute atomic E-state index is 0.867. The monoisotopic (exact) mass is 763 g/mol. The minimum Gasteiger partial charge on any atom is -0.456 e. The van der Waals surface area contributed by atoms with Crippen LogP contribution in [0, 0.1) is 0 Å². The average molecular weight is 764 g/mol. The van der Waals surface area contributed by atoms with Crippen LogP contribution in [0.5, 0.6) is 0 Å². The van der Waals surface area contributed by atoms with Crippen molar-refractivity contribution < 1.29 is 4.42 Å². The Morgan fingerprint density at radius 2 is 0.800 bits per heavy atom. The number of anilines is 3. The molecule has 0 aliphatic heterocycles. The van der Waals surface area contributed by atoms with Gasteiger partial charge in [-0.05, 0) is 119 Å². The Morgan fingerprint density at radius 3 is 1.48 bits per heavy atom. The molecule has 0 spiro atoms. The predicted octanol–water partition coefficient (Wildman–Crippen LogP) is 16.7. The molecule has 0 fully saturated rings. The van der Waals surface area contributed by atoms with Crippen LogP contribution >= 0.6 is 0 Å². The summed E-state index contributed by atoms with van der Waals surface area (Å²) in [4.78, 5) is 2.38. The number of fused-ring (bicyclic) bond motifs is 9. The Labute approximate surface area is 347 Å². The fraction of sp³-hybridized carbons (Fsp3) is 0. The normalized spacial score (nSPS) is 11.7.